The van der Waals surface area contributed by atoms with E-state index in [2.05, 4.69) is 11.8 Å². The van der Waals surface area contributed by atoms with Gasteiger partial charge in [0, 0.05) is 11.3 Å². The van der Waals surface area contributed by atoms with E-state index in [0.29, 0.717) is 5.88 Å². The van der Waals surface area contributed by atoms with Gasteiger partial charge in [-0.3, -0.25) is 0 Å². The van der Waals surface area contributed by atoms with Crippen molar-refractivity contribution in [1.29, 1.82) is 0 Å². The van der Waals surface area contributed by atoms with Gasteiger partial charge in [-0.05, 0) is 37.1 Å². The van der Waals surface area contributed by atoms with Crippen molar-refractivity contribution >= 4 is 17.3 Å². The topological polar surface area (TPSA) is 26.0 Å². The molecule has 0 spiro atoms. The Morgan fingerprint density at radius 1 is 1.31 bits per heavy atom. The minimum absolute atomic E-state index is 0.364. The third-order valence-corrected chi connectivity index (χ3v) is 1.97. The van der Waals surface area contributed by atoms with Crippen molar-refractivity contribution in [2.75, 3.05) is 11.6 Å². The summed E-state index contributed by atoms with van der Waals surface area (Å²) in [5.41, 5.74) is 9.72. The second-order valence-electron chi connectivity index (χ2n) is 2.97. The first-order valence-corrected chi connectivity index (χ1v) is 4.60. The summed E-state index contributed by atoms with van der Waals surface area (Å²) in [6.45, 7) is 4.00. The second-order valence-corrected chi connectivity index (χ2v) is 3.23. The Labute approximate surface area is 83.9 Å². The van der Waals surface area contributed by atoms with Crippen LogP contribution in [0.4, 0.5) is 5.69 Å². The molecular weight excluding hydrogens is 182 g/mol. The first-order valence-electron chi connectivity index (χ1n) is 4.06. The van der Waals surface area contributed by atoms with Crippen molar-refractivity contribution in [1.82, 2.24) is 0 Å². The molecule has 1 nitrogen and oxygen atoms in total. The van der Waals surface area contributed by atoms with Crippen LogP contribution < -0.4 is 5.73 Å². The van der Waals surface area contributed by atoms with Crippen LogP contribution in [0.5, 0.6) is 0 Å². The summed E-state index contributed by atoms with van der Waals surface area (Å²) in [6, 6.07) is 3.84. The highest BCUT2D eigenvalue weighted by Gasteiger charge is 1.99. The second kappa shape index (κ2) is 4.20. The molecule has 1 aromatic rings. The predicted octanol–water partition coefficient (Wildman–Crippen LogP) is 2.48. The average molecular weight is 194 g/mol. The monoisotopic (exact) mass is 193 g/mol. The van der Waals surface area contributed by atoms with Crippen LogP contribution in [0.25, 0.3) is 0 Å². The number of hydrogen-bond donors (Lipinski definition) is 1. The Morgan fingerprint density at radius 2 is 1.85 bits per heavy atom. The maximum atomic E-state index is 5.68. The Kier molecular flexibility index (Phi) is 3.22. The third kappa shape index (κ3) is 2.40. The molecule has 1 rings (SSSR count). The van der Waals surface area contributed by atoms with Crippen LogP contribution >= 0.6 is 11.6 Å². The van der Waals surface area contributed by atoms with E-state index in [1.807, 2.05) is 26.0 Å². The Hall–Kier alpha value is -1.13. The first kappa shape index (κ1) is 9.95. The number of nitrogen functional groups attached to an aromatic ring is 1. The molecule has 68 valence electrons. The van der Waals surface area contributed by atoms with Gasteiger partial charge in [-0.1, -0.05) is 11.8 Å². The molecule has 0 heterocycles. The van der Waals surface area contributed by atoms with Crippen molar-refractivity contribution < 1.29 is 0 Å². The number of benzene rings is 1. The van der Waals surface area contributed by atoms with E-state index < -0.39 is 0 Å². The number of hydrogen-bond acceptors (Lipinski definition) is 1. The molecule has 0 amide bonds. The third-order valence-electron chi connectivity index (χ3n) is 1.84. The lowest BCUT2D eigenvalue weighted by atomic mass is 10.0. The molecule has 0 saturated carbocycles. The van der Waals surface area contributed by atoms with Crippen molar-refractivity contribution in [3.05, 3.63) is 28.8 Å². The number of halogens is 1. The van der Waals surface area contributed by atoms with Crippen LogP contribution in [0, 0.1) is 25.7 Å². The average Bonchev–Trinajstić information content (AvgIpc) is 2.02. The molecule has 0 aliphatic heterocycles. The zero-order valence-electron chi connectivity index (χ0n) is 7.82. The zero-order chi connectivity index (χ0) is 9.84. The van der Waals surface area contributed by atoms with Crippen molar-refractivity contribution in [2.45, 2.75) is 13.8 Å². The number of aryl methyl sites for hydroxylation is 2. The Balaban J connectivity index is 3.21. The molecule has 0 bridgehead atoms. The van der Waals surface area contributed by atoms with Crippen LogP contribution in [-0.4, -0.2) is 5.88 Å². The molecule has 0 atom stereocenters. The standard InChI is InChI=1S/C11H12ClN/c1-8-6-10(13)7-9(2)11(8)4-3-5-12/h6-7H,5,13H2,1-2H3. The molecule has 1 aromatic carbocycles. The van der Waals surface area contributed by atoms with E-state index in [9.17, 15) is 0 Å². The molecule has 0 aliphatic rings. The van der Waals surface area contributed by atoms with E-state index in [4.69, 9.17) is 17.3 Å². The van der Waals surface area contributed by atoms with Gasteiger partial charge in [0.2, 0.25) is 0 Å². The van der Waals surface area contributed by atoms with E-state index in [1.54, 1.807) is 0 Å². The van der Waals surface area contributed by atoms with Gasteiger partial charge in [0.1, 0.15) is 0 Å². The predicted molar refractivity (Wildman–Crippen MR) is 57.9 cm³/mol. The molecule has 0 saturated heterocycles. The summed E-state index contributed by atoms with van der Waals surface area (Å²) >= 11 is 5.49. The molecule has 0 fully saturated rings. The fourth-order valence-electron chi connectivity index (χ4n) is 1.32. The van der Waals surface area contributed by atoms with E-state index >= 15 is 0 Å². The summed E-state index contributed by atoms with van der Waals surface area (Å²) in [6.07, 6.45) is 0. The van der Waals surface area contributed by atoms with Gasteiger partial charge in [0.25, 0.3) is 0 Å². The highest BCUT2D eigenvalue weighted by molar-refractivity contribution is 6.19. The van der Waals surface area contributed by atoms with Crippen molar-refractivity contribution in [2.24, 2.45) is 0 Å². The fraction of sp³-hybridized carbons (Fsp3) is 0.273. The maximum absolute atomic E-state index is 5.68. The first-order chi connectivity index (χ1) is 6.15. The van der Waals surface area contributed by atoms with Crippen molar-refractivity contribution in [3.8, 4) is 11.8 Å². The molecule has 0 aliphatic carbocycles. The smallest absolute Gasteiger partial charge is 0.0839 e. The zero-order valence-corrected chi connectivity index (χ0v) is 8.57. The fourth-order valence-corrected chi connectivity index (χ4v) is 1.38. The quantitative estimate of drug-likeness (QED) is 0.383. The molecule has 2 heteroatoms. The number of anilines is 1. The normalized spacial score (nSPS) is 9.15. The lowest BCUT2D eigenvalue weighted by molar-refractivity contribution is 1.35. The molecular formula is C11H12ClN. The van der Waals surface area contributed by atoms with Crippen LogP contribution in [0.2, 0.25) is 0 Å². The summed E-state index contributed by atoms with van der Waals surface area (Å²) < 4.78 is 0. The van der Waals surface area contributed by atoms with Crippen LogP contribution in [-0.2, 0) is 0 Å². The van der Waals surface area contributed by atoms with Gasteiger partial charge in [0.05, 0.1) is 5.88 Å². The lowest BCUT2D eigenvalue weighted by Gasteiger charge is -2.04. The summed E-state index contributed by atoms with van der Waals surface area (Å²) in [4.78, 5) is 0. The minimum atomic E-state index is 0.364. The van der Waals surface area contributed by atoms with Crippen molar-refractivity contribution in [3.63, 3.8) is 0 Å². The summed E-state index contributed by atoms with van der Waals surface area (Å²) in [5, 5.41) is 0. The Morgan fingerprint density at radius 3 is 2.31 bits per heavy atom. The number of alkyl halides is 1. The van der Waals surface area contributed by atoms with Gasteiger partial charge in [-0.15, -0.1) is 11.6 Å². The largest absolute Gasteiger partial charge is 0.399 e. The van der Waals surface area contributed by atoms with Crippen LogP contribution in [0.15, 0.2) is 12.1 Å². The van der Waals surface area contributed by atoms with E-state index in [-0.39, 0.29) is 0 Å². The van der Waals surface area contributed by atoms with Crippen LogP contribution in [0.3, 0.4) is 0 Å². The van der Waals surface area contributed by atoms with Gasteiger partial charge in [-0.25, -0.2) is 0 Å². The number of nitrogens with two attached hydrogens (primary N) is 1. The SMILES string of the molecule is Cc1cc(N)cc(C)c1C#CCCl. The summed E-state index contributed by atoms with van der Waals surface area (Å²) in [5.74, 6) is 6.23. The van der Waals surface area contributed by atoms with Gasteiger partial charge in [-0.2, -0.15) is 0 Å². The Bertz CT molecular complexity index is 348. The summed E-state index contributed by atoms with van der Waals surface area (Å²) in [7, 11) is 0. The molecule has 13 heavy (non-hydrogen) atoms. The number of rotatable bonds is 0. The molecule has 0 radical (unpaired) electrons. The van der Waals surface area contributed by atoms with Gasteiger partial charge < -0.3 is 5.73 Å². The molecule has 0 unspecified atom stereocenters. The lowest BCUT2D eigenvalue weighted by Crippen LogP contribution is -1.92. The van der Waals surface area contributed by atoms with Gasteiger partial charge >= 0.3 is 0 Å². The highest BCUT2D eigenvalue weighted by Crippen LogP contribution is 2.16. The van der Waals surface area contributed by atoms with E-state index in [0.717, 1.165) is 22.4 Å². The molecule has 2 N–H and O–H groups in total. The van der Waals surface area contributed by atoms with E-state index in [1.165, 1.54) is 0 Å². The van der Waals surface area contributed by atoms with Crippen LogP contribution in [0.1, 0.15) is 16.7 Å². The maximum Gasteiger partial charge on any atom is 0.0839 e. The minimum Gasteiger partial charge on any atom is -0.399 e. The molecule has 0 aromatic heterocycles. The van der Waals surface area contributed by atoms with Gasteiger partial charge in [0.15, 0.2) is 0 Å². The highest BCUT2D eigenvalue weighted by atomic mass is 35.5.